The van der Waals surface area contributed by atoms with E-state index in [1.807, 2.05) is 24.5 Å². The highest BCUT2D eigenvalue weighted by Gasteiger charge is 2.35. The van der Waals surface area contributed by atoms with Gasteiger partial charge in [0.15, 0.2) is 0 Å². The van der Waals surface area contributed by atoms with Crippen molar-refractivity contribution in [3.8, 4) is 5.75 Å². The van der Waals surface area contributed by atoms with Crippen molar-refractivity contribution in [3.63, 3.8) is 0 Å². The number of hydrogen-bond donors (Lipinski definition) is 1. The number of fused-ring (bicyclic) bond motifs is 1. The van der Waals surface area contributed by atoms with Crippen LogP contribution in [-0.2, 0) is 5.54 Å². The Bertz CT molecular complexity index is 541. The standard InChI is InChI=1S/C13H17N3O/c1-17-11-5-4-8-16-10(11)9-15-12(16)13(14)6-2-3-7-13/h4-5,8-9H,2-3,6-7,14H2,1H3. The molecule has 0 aliphatic heterocycles. The molecule has 0 spiro atoms. The molecule has 0 atom stereocenters. The van der Waals surface area contributed by atoms with E-state index in [2.05, 4.69) is 9.38 Å². The third-order valence-corrected chi connectivity index (χ3v) is 3.69. The van der Waals surface area contributed by atoms with Crippen molar-refractivity contribution >= 4 is 5.52 Å². The van der Waals surface area contributed by atoms with E-state index in [4.69, 9.17) is 10.5 Å². The van der Waals surface area contributed by atoms with Gasteiger partial charge >= 0.3 is 0 Å². The second-order valence-corrected chi connectivity index (χ2v) is 4.78. The van der Waals surface area contributed by atoms with E-state index in [-0.39, 0.29) is 5.54 Å². The van der Waals surface area contributed by atoms with Gasteiger partial charge < -0.3 is 10.5 Å². The van der Waals surface area contributed by atoms with Crippen molar-refractivity contribution in [2.24, 2.45) is 5.73 Å². The van der Waals surface area contributed by atoms with Crippen LogP contribution >= 0.6 is 0 Å². The Morgan fingerprint density at radius 2 is 2.18 bits per heavy atom. The van der Waals surface area contributed by atoms with Gasteiger partial charge in [0.2, 0.25) is 0 Å². The molecular weight excluding hydrogens is 214 g/mol. The quantitative estimate of drug-likeness (QED) is 0.860. The Balaban J connectivity index is 2.18. The number of rotatable bonds is 2. The zero-order chi connectivity index (χ0) is 11.9. The molecule has 1 fully saturated rings. The van der Waals surface area contributed by atoms with Crippen molar-refractivity contribution in [1.29, 1.82) is 0 Å². The first-order valence-electron chi connectivity index (χ1n) is 6.04. The first kappa shape index (κ1) is 10.6. The van der Waals surface area contributed by atoms with E-state index in [9.17, 15) is 0 Å². The third-order valence-electron chi connectivity index (χ3n) is 3.69. The minimum atomic E-state index is -0.265. The number of ether oxygens (including phenoxy) is 1. The number of aromatic nitrogens is 2. The molecule has 4 heteroatoms. The topological polar surface area (TPSA) is 52.5 Å². The van der Waals surface area contributed by atoms with E-state index in [0.29, 0.717) is 0 Å². The monoisotopic (exact) mass is 231 g/mol. The Morgan fingerprint density at radius 1 is 1.41 bits per heavy atom. The average Bonchev–Trinajstić information content (AvgIpc) is 2.95. The lowest BCUT2D eigenvalue weighted by Gasteiger charge is -2.22. The molecule has 0 saturated heterocycles. The van der Waals surface area contributed by atoms with Crippen molar-refractivity contribution in [2.75, 3.05) is 7.11 Å². The van der Waals surface area contributed by atoms with E-state index in [0.717, 1.165) is 29.9 Å². The summed E-state index contributed by atoms with van der Waals surface area (Å²) in [5.74, 6) is 1.80. The normalized spacial score (nSPS) is 18.7. The minimum absolute atomic E-state index is 0.265. The summed E-state index contributed by atoms with van der Waals surface area (Å²) < 4.78 is 7.39. The Morgan fingerprint density at radius 3 is 2.88 bits per heavy atom. The maximum atomic E-state index is 6.46. The van der Waals surface area contributed by atoms with Gasteiger partial charge in [0.1, 0.15) is 17.1 Å². The van der Waals surface area contributed by atoms with Crippen LogP contribution in [0.15, 0.2) is 24.5 Å². The van der Waals surface area contributed by atoms with Gasteiger partial charge in [-0.2, -0.15) is 0 Å². The number of methoxy groups -OCH3 is 1. The highest BCUT2D eigenvalue weighted by molar-refractivity contribution is 5.59. The van der Waals surface area contributed by atoms with Crippen molar-refractivity contribution in [1.82, 2.24) is 9.38 Å². The van der Waals surface area contributed by atoms with Crippen molar-refractivity contribution in [2.45, 2.75) is 31.2 Å². The van der Waals surface area contributed by atoms with Crippen LogP contribution in [0.2, 0.25) is 0 Å². The Kier molecular flexibility index (Phi) is 2.33. The molecule has 0 bridgehead atoms. The van der Waals surface area contributed by atoms with Crippen LogP contribution in [0.25, 0.3) is 5.52 Å². The zero-order valence-corrected chi connectivity index (χ0v) is 10.0. The van der Waals surface area contributed by atoms with E-state index < -0.39 is 0 Å². The molecule has 0 aromatic carbocycles. The number of nitrogens with two attached hydrogens (primary N) is 1. The van der Waals surface area contributed by atoms with Gasteiger partial charge in [-0.1, -0.05) is 12.8 Å². The van der Waals surface area contributed by atoms with Crippen molar-refractivity contribution < 1.29 is 4.74 Å². The summed E-state index contributed by atoms with van der Waals surface area (Å²) in [5.41, 5.74) is 7.18. The number of pyridine rings is 1. The molecule has 2 heterocycles. The molecule has 2 aromatic heterocycles. The number of hydrogen-bond acceptors (Lipinski definition) is 3. The zero-order valence-electron chi connectivity index (χ0n) is 10.0. The van der Waals surface area contributed by atoms with Crippen LogP contribution < -0.4 is 10.5 Å². The third kappa shape index (κ3) is 1.52. The van der Waals surface area contributed by atoms with Crippen molar-refractivity contribution in [3.05, 3.63) is 30.4 Å². The summed E-state index contributed by atoms with van der Waals surface area (Å²) >= 11 is 0. The van der Waals surface area contributed by atoms with Crippen LogP contribution in [0.5, 0.6) is 5.75 Å². The van der Waals surface area contributed by atoms with Gasteiger partial charge in [-0.05, 0) is 25.0 Å². The fraction of sp³-hybridized carbons (Fsp3) is 0.462. The molecule has 3 rings (SSSR count). The number of imidazole rings is 1. The van der Waals surface area contributed by atoms with Gasteiger partial charge in [-0.25, -0.2) is 4.98 Å². The molecule has 2 N–H and O–H groups in total. The average molecular weight is 231 g/mol. The maximum absolute atomic E-state index is 6.46. The van der Waals surface area contributed by atoms with Crippen LogP contribution in [-0.4, -0.2) is 16.5 Å². The van der Waals surface area contributed by atoms with Gasteiger partial charge in [0, 0.05) is 6.20 Å². The second kappa shape index (κ2) is 3.74. The summed E-state index contributed by atoms with van der Waals surface area (Å²) in [6.07, 6.45) is 8.27. The lowest BCUT2D eigenvalue weighted by atomic mass is 9.98. The molecule has 90 valence electrons. The molecule has 1 aliphatic rings. The SMILES string of the molecule is COc1cccn2c(C3(N)CCCC3)ncc12. The smallest absolute Gasteiger partial charge is 0.144 e. The van der Waals surface area contributed by atoms with Gasteiger partial charge in [0.05, 0.1) is 18.8 Å². The van der Waals surface area contributed by atoms with Gasteiger partial charge in [-0.15, -0.1) is 0 Å². The molecule has 2 aromatic rings. The molecule has 0 amide bonds. The predicted molar refractivity (Wildman–Crippen MR) is 66.1 cm³/mol. The maximum Gasteiger partial charge on any atom is 0.144 e. The summed E-state index contributed by atoms with van der Waals surface area (Å²) in [4.78, 5) is 4.52. The van der Waals surface area contributed by atoms with Crippen LogP contribution in [0.1, 0.15) is 31.5 Å². The van der Waals surface area contributed by atoms with E-state index in [1.54, 1.807) is 7.11 Å². The van der Waals surface area contributed by atoms with Crippen LogP contribution in [0.3, 0.4) is 0 Å². The first-order valence-corrected chi connectivity index (χ1v) is 6.04. The Labute approximate surface area is 100 Å². The minimum Gasteiger partial charge on any atom is -0.494 e. The first-order chi connectivity index (χ1) is 8.24. The lowest BCUT2D eigenvalue weighted by Crippen LogP contribution is -2.35. The molecule has 17 heavy (non-hydrogen) atoms. The summed E-state index contributed by atoms with van der Waals surface area (Å²) in [7, 11) is 1.68. The fourth-order valence-electron chi connectivity index (χ4n) is 2.77. The van der Waals surface area contributed by atoms with Crippen LogP contribution in [0.4, 0.5) is 0 Å². The summed E-state index contributed by atoms with van der Waals surface area (Å²) in [5, 5.41) is 0. The molecule has 0 radical (unpaired) electrons. The molecule has 1 saturated carbocycles. The highest BCUT2D eigenvalue weighted by atomic mass is 16.5. The van der Waals surface area contributed by atoms with E-state index in [1.165, 1.54) is 12.8 Å². The largest absolute Gasteiger partial charge is 0.494 e. The predicted octanol–water partition coefficient (Wildman–Crippen LogP) is 2.07. The molecular formula is C13H17N3O. The highest BCUT2D eigenvalue weighted by Crippen LogP contribution is 2.36. The molecule has 1 aliphatic carbocycles. The molecule has 4 nitrogen and oxygen atoms in total. The Hall–Kier alpha value is -1.55. The lowest BCUT2D eigenvalue weighted by molar-refractivity contribution is 0.414. The summed E-state index contributed by atoms with van der Waals surface area (Å²) in [6.45, 7) is 0. The van der Waals surface area contributed by atoms with E-state index >= 15 is 0 Å². The summed E-state index contributed by atoms with van der Waals surface area (Å²) in [6, 6.07) is 3.91. The molecule has 0 unspecified atom stereocenters. The van der Waals surface area contributed by atoms with Crippen LogP contribution in [0, 0.1) is 0 Å². The van der Waals surface area contributed by atoms with Gasteiger partial charge in [0.25, 0.3) is 0 Å². The fourth-order valence-corrected chi connectivity index (χ4v) is 2.77. The second-order valence-electron chi connectivity index (χ2n) is 4.78. The van der Waals surface area contributed by atoms with Gasteiger partial charge in [-0.3, -0.25) is 4.40 Å². The number of nitrogens with zero attached hydrogens (tertiary/aromatic N) is 2.